The van der Waals surface area contributed by atoms with E-state index >= 15 is 0 Å². The topological polar surface area (TPSA) is 29.5 Å². The first-order chi connectivity index (χ1) is 7.81. The lowest BCUT2D eigenvalue weighted by molar-refractivity contribution is 0.0979. The third-order valence-electron chi connectivity index (χ3n) is 2.82. The Bertz CT molecular complexity index is 376. The van der Waals surface area contributed by atoms with E-state index in [4.69, 9.17) is 4.74 Å². The molecule has 0 N–H and O–H groups in total. The van der Waals surface area contributed by atoms with Crippen molar-refractivity contribution in [3.05, 3.63) is 35.4 Å². The van der Waals surface area contributed by atoms with E-state index < -0.39 is 0 Å². The van der Waals surface area contributed by atoms with E-state index in [1.807, 2.05) is 19.1 Å². The number of amides is 1. The van der Waals surface area contributed by atoms with Crippen LogP contribution in [0.2, 0.25) is 0 Å². The van der Waals surface area contributed by atoms with Gasteiger partial charge in [-0.15, -0.1) is 0 Å². The van der Waals surface area contributed by atoms with Crippen LogP contribution in [0.25, 0.3) is 0 Å². The van der Waals surface area contributed by atoms with Crippen molar-refractivity contribution in [2.75, 3.05) is 13.2 Å². The van der Waals surface area contributed by atoms with Crippen LogP contribution in [-0.2, 0) is 17.7 Å². The summed E-state index contributed by atoms with van der Waals surface area (Å²) in [5.41, 5.74) is 2.59. The number of benzene rings is 1. The van der Waals surface area contributed by atoms with Gasteiger partial charge in [-0.3, -0.25) is 0 Å². The maximum absolute atomic E-state index is 11.7. The van der Waals surface area contributed by atoms with E-state index in [0.29, 0.717) is 13.2 Å². The summed E-state index contributed by atoms with van der Waals surface area (Å²) in [4.78, 5) is 13.4. The number of rotatable bonds is 2. The van der Waals surface area contributed by atoms with E-state index in [-0.39, 0.29) is 6.09 Å². The molecule has 2 rings (SSSR count). The zero-order chi connectivity index (χ0) is 11.4. The van der Waals surface area contributed by atoms with Crippen molar-refractivity contribution in [2.45, 2.75) is 26.3 Å². The van der Waals surface area contributed by atoms with Crippen molar-refractivity contribution in [3.8, 4) is 0 Å². The molecule has 0 saturated heterocycles. The number of hydrogen-bond donors (Lipinski definition) is 0. The van der Waals surface area contributed by atoms with Gasteiger partial charge in [0.05, 0.1) is 6.61 Å². The Morgan fingerprint density at radius 2 is 2.12 bits per heavy atom. The fraction of sp³-hybridized carbons (Fsp3) is 0.462. The highest BCUT2D eigenvalue weighted by Gasteiger charge is 2.20. The van der Waals surface area contributed by atoms with E-state index in [1.165, 1.54) is 11.1 Å². The molecule has 1 amide bonds. The zero-order valence-corrected chi connectivity index (χ0v) is 9.61. The van der Waals surface area contributed by atoms with Crippen LogP contribution in [0, 0.1) is 0 Å². The van der Waals surface area contributed by atoms with Gasteiger partial charge in [0.2, 0.25) is 0 Å². The van der Waals surface area contributed by atoms with Gasteiger partial charge in [-0.1, -0.05) is 31.2 Å². The highest BCUT2D eigenvalue weighted by atomic mass is 16.6. The van der Waals surface area contributed by atoms with Crippen LogP contribution < -0.4 is 0 Å². The highest BCUT2D eigenvalue weighted by molar-refractivity contribution is 5.68. The molecule has 0 fully saturated rings. The van der Waals surface area contributed by atoms with Crippen molar-refractivity contribution < 1.29 is 9.53 Å². The number of carbonyl (C=O) groups is 1. The van der Waals surface area contributed by atoms with Gasteiger partial charge in [0.15, 0.2) is 0 Å². The molecule has 16 heavy (non-hydrogen) atoms. The fourth-order valence-electron chi connectivity index (χ4n) is 1.93. The Balaban J connectivity index is 1.99. The van der Waals surface area contributed by atoms with Crippen LogP contribution in [0.3, 0.4) is 0 Å². The minimum atomic E-state index is -0.184. The van der Waals surface area contributed by atoms with E-state index in [9.17, 15) is 4.79 Å². The number of carbonyl (C=O) groups excluding carboxylic acids is 1. The smallest absolute Gasteiger partial charge is 0.410 e. The number of nitrogens with zero attached hydrogens (tertiary/aromatic N) is 1. The summed E-state index contributed by atoms with van der Waals surface area (Å²) in [5.74, 6) is 0. The Kier molecular flexibility index (Phi) is 3.44. The molecule has 0 radical (unpaired) electrons. The molecule has 0 aliphatic carbocycles. The molecule has 1 heterocycles. The molecule has 0 aromatic heterocycles. The average Bonchev–Trinajstić information content (AvgIpc) is 2.35. The first-order valence-corrected chi connectivity index (χ1v) is 5.79. The largest absolute Gasteiger partial charge is 0.449 e. The Labute approximate surface area is 96.0 Å². The molecule has 1 aliphatic heterocycles. The van der Waals surface area contributed by atoms with E-state index in [1.54, 1.807) is 4.90 Å². The summed E-state index contributed by atoms with van der Waals surface area (Å²) in [6.07, 6.45) is 1.62. The maximum atomic E-state index is 11.7. The van der Waals surface area contributed by atoms with Gasteiger partial charge in [0.25, 0.3) is 0 Å². The van der Waals surface area contributed by atoms with Crippen LogP contribution in [0.5, 0.6) is 0 Å². The standard InChI is InChI=1S/C13H17NO2/c1-2-9-16-13(15)14-8-7-11-5-3-4-6-12(11)10-14/h3-6H,2,7-10H2,1H3. The molecule has 0 bridgehead atoms. The summed E-state index contributed by atoms with van der Waals surface area (Å²) in [6.45, 7) is 3.95. The summed E-state index contributed by atoms with van der Waals surface area (Å²) in [7, 11) is 0. The van der Waals surface area contributed by atoms with Crippen molar-refractivity contribution in [3.63, 3.8) is 0 Å². The summed E-state index contributed by atoms with van der Waals surface area (Å²) in [5, 5.41) is 0. The molecule has 86 valence electrons. The second-order valence-corrected chi connectivity index (χ2v) is 4.05. The number of ether oxygens (including phenoxy) is 1. The predicted molar refractivity (Wildman–Crippen MR) is 62.2 cm³/mol. The maximum Gasteiger partial charge on any atom is 0.410 e. The van der Waals surface area contributed by atoms with Gasteiger partial charge in [-0.05, 0) is 24.0 Å². The van der Waals surface area contributed by atoms with Crippen LogP contribution in [0.4, 0.5) is 4.79 Å². The average molecular weight is 219 g/mol. The van der Waals surface area contributed by atoms with E-state index in [0.717, 1.165) is 19.4 Å². The van der Waals surface area contributed by atoms with Crippen molar-refractivity contribution in [1.29, 1.82) is 0 Å². The Hall–Kier alpha value is -1.51. The first-order valence-electron chi connectivity index (χ1n) is 5.79. The molecule has 0 spiro atoms. The van der Waals surface area contributed by atoms with Gasteiger partial charge in [0, 0.05) is 13.1 Å². The van der Waals surface area contributed by atoms with Crippen LogP contribution in [-0.4, -0.2) is 24.1 Å². The monoisotopic (exact) mass is 219 g/mol. The minimum Gasteiger partial charge on any atom is -0.449 e. The van der Waals surface area contributed by atoms with Crippen molar-refractivity contribution in [2.24, 2.45) is 0 Å². The number of fused-ring (bicyclic) bond motifs is 1. The van der Waals surface area contributed by atoms with Crippen LogP contribution in [0.1, 0.15) is 24.5 Å². The molecule has 3 nitrogen and oxygen atoms in total. The van der Waals surface area contributed by atoms with Crippen molar-refractivity contribution in [1.82, 2.24) is 4.90 Å². The molecule has 1 aromatic rings. The summed E-state index contributed by atoms with van der Waals surface area (Å²) < 4.78 is 5.13. The molecular weight excluding hydrogens is 202 g/mol. The first kappa shape index (κ1) is 11.0. The van der Waals surface area contributed by atoms with E-state index in [2.05, 4.69) is 12.1 Å². The second kappa shape index (κ2) is 5.01. The quantitative estimate of drug-likeness (QED) is 0.765. The number of hydrogen-bond acceptors (Lipinski definition) is 2. The molecular formula is C13H17NO2. The van der Waals surface area contributed by atoms with Crippen LogP contribution >= 0.6 is 0 Å². The summed E-state index contributed by atoms with van der Waals surface area (Å²) >= 11 is 0. The zero-order valence-electron chi connectivity index (χ0n) is 9.61. The SMILES string of the molecule is CCCOC(=O)N1CCc2ccccc2C1. The van der Waals surface area contributed by atoms with Gasteiger partial charge >= 0.3 is 6.09 Å². The third-order valence-corrected chi connectivity index (χ3v) is 2.82. The lowest BCUT2D eigenvalue weighted by Crippen LogP contribution is -2.36. The molecule has 1 aliphatic rings. The predicted octanol–water partition coefficient (Wildman–Crippen LogP) is 2.59. The van der Waals surface area contributed by atoms with Gasteiger partial charge in [-0.25, -0.2) is 4.79 Å². The Morgan fingerprint density at radius 3 is 2.88 bits per heavy atom. The minimum absolute atomic E-state index is 0.184. The highest BCUT2D eigenvalue weighted by Crippen LogP contribution is 2.18. The lowest BCUT2D eigenvalue weighted by Gasteiger charge is -2.27. The molecule has 3 heteroatoms. The summed E-state index contributed by atoms with van der Waals surface area (Å²) in [6, 6.07) is 8.27. The fourth-order valence-corrected chi connectivity index (χ4v) is 1.93. The lowest BCUT2D eigenvalue weighted by atomic mass is 10.0. The molecule has 0 unspecified atom stereocenters. The van der Waals surface area contributed by atoms with Gasteiger partial charge in [-0.2, -0.15) is 0 Å². The Morgan fingerprint density at radius 1 is 1.38 bits per heavy atom. The normalized spacial score (nSPS) is 14.4. The van der Waals surface area contributed by atoms with Gasteiger partial charge < -0.3 is 9.64 Å². The van der Waals surface area contributed by atoms with Crippen LogP contribution in [0.15, 0.2) is 24.3 Å². The second-order valence-electron chi connectivity index (χ2n) is 4.05. The molecule has 0 atom stereocenters. The third kappa shape index (κ3) is 2.35. The molecule has 1 aromatic carbocycles. The molecule has 0 saturated carbocycles. The van der Waals surface area contributed by atoms with Gasteiger partial charge in [0.1, 0.15) is 0 Å². The van der Waals surface area contributed by atoms with Crippen molar-refractivity contribution >= 4 is 6.09 Å².